The Hall–Kier alpha value is -0.590. The number of halogens is 1. The molecule has 5 heteroatoms. The van der Waals surface area contributed by atoms with E-state index in [0.29, 0.717) is 3.83 Å². The summed E-state index contributed by atoms with van der Waals surface area (Å²) in [7, 11) is 0. The van der Waals surface area contributed by atoms with Crippen molar-refractivity contribution in [3.8, 4) is 5.88 Å². The first-order chi connectivity index (χ1) is 4.18. The van der Waals surface area contributed by atoms with Gasteiger partial charge in [0.2, 0.25) is 5.88 Å². The lowest BCUT2D eigenvalue weighted by atomic mass is 10.6. The Morgan fingerprint density at radius 3 is 2.89 bits per heavy atom. The molecule has 0 atom stereocenters. The van der Waals surface area contributed by atoms with Crippen LogP contribution in [-0.2, 0) is 0 Å². The minimum atomic E-state index is -0.341. The highest BCUT2D eigenvalue weighted by molar-refractivity contribution is 14.1. The first-order valence-corrected chi connectivity index (χ1v) is 3.22. The highest BCUT2D eigenvalue weighted by Crippen LogP contribution is 1.99. The van der Waals surface area contributed by atoms with Gasteiger partial charge in [-0.15, -0.1) is 0 Å². The Bertz CT molecular complexity index is 246. The molecule has 48 valence electrons. The van der Waals surface area contributed by atoms with Gasteiger partial charge in [0.15, 0.2) is 3.83 Å². The summed E-state index contributed by atoms with van der Waals surface area (Å²) in [6, 6.07) is 1.02. The number of hydrogen-bond donors (Lipinski definition) is 2. The first-order valence-electron chi connectivity index (χ1n) is 2.14. The zero-order valence-corrected chi connectivity index (χ0v) is 6.42. The van der Waals surface area contributed by atoms with Gasteiger partial charge < -0.3 is 10.1 Å². The predicted molar refractivity (Wildman–Crippen MR) is 39.2 cm³/mol. The summed E-state index contributed by atoms with van der Waals surface area (Å²) in [5.74, 6) is -0.247. The van der Waals surface area contributed by atoms with E-state index in [1.807, 2.05) is 0 Å². The number of hydrogen-bond acceptors (Lipinski definition) is 3. The van der Waals surface area contributed by atoms with Gasteiger partial charge in [-0.05, 0) is 22.6 Å². The number of nitrogens with one attached hydrogen (secondary N) is 1. The number of aromatic nitrogens is 2. The molecule has 1 aromatic heterocycles. The second kappa shape index (κ2) is 2.34. The van der Waals surface area contributed by atoms with Crippen molar-refractivity contribution in [2.75, 3.05) is 0 Å². The molecule has 0 amide bonds. The van der Waals surface area contributed by atoms with Crippen LogP contribution >= 0.6 is 22.6 Å². The van der Waals surface area contributed by atoms with Crippen molar-refractivity contribution in [3.63, 3.8) is 0 Å². The smallest absolute Gasteiger partial charge is 0.255 e. The van der Waals surface area contributed by atoms with E-state index in [1.54, 1.807) is 22.6 Å². The molecule has 1 rings (SSSR count). The molecule has 0 aliphatic rings. The first kappa shape index (κ1) is 6.53. The molecule has 4 nitrogen and oxygen atoms in total. The summed E-state index contributed by atoms with van der Waals surface area (Å²) in [6.07, 6.45) is 0. The highest BCUT2D eigenvalue weighted by atomic mass is 127. The van der Waals surface area contributed by atoms with Crippen LogP contribution in [-0.4, -0.2) is 15.1 Å². The van der Waals surface area contributed by atoms with Crippen LogP contribution in [0.4, 0.5) is 0 Å². The lowest BCUT2D eigenvalue weighted by molar-refractivity contribution is 0.449. The number of H-pyrrole nitrogens is 1. The van der Waals surface area contributed by atoms with E-state index in [0.717, 1.165) is 6.07 Å². The summed E-state index contributed by atoms with van der Waals surface area (Å²) >= 11 is 1.80. The second-order valence-electron chi connectivity index (χ2n) is 1.39. The van der Waals surface area contributed by atoms with E-state index in [1.165, 1.54) is 0 Å². The molecular formula is C4H3IN2O2. The molecule has 0 unspecified atom stereocenters. The maximum Gasteiger partial charge on any atom is 0.255 e. The van der Waals surface area contributed by atoms with Crippen molar-refractivity contribution >= 4 is 22.6 Å². The molecule has 0 aliphatic heterocycles. The Morgan fingerprint density at radius 2 is 2.44 bits per heavy atom. The van der Waals surface area contributed by atoms with Crippen LogP contribution in [0.3, 0.4) is 0 Å². The average molecular weight is 238 g/mol. The number of nitrogens with zero attached hydrogens (tertiary/aromatic N) is 1. The highest BCUT2D eigenvalue weighted by Gasteiger charge is 1.92. The van der Waals surface area contributed by atoms with Gasteiger partial charge >= 0.3 is 0 Å². The number of rotatable bonds is 0. The summed E-state index contributed by atoms with van der Waals surface area (Å²) in [5, 5.41) is 8.66. The monoisotopic (exact) mass is 238 g/mol. The summed E-state index contributed by atoms with van der Waals surface area (Å²) < 4.78 is 0.387. The lowest BCUT2D eigenvalue weighted by Gasteiger charge is -1.88. The maximum atomic E-state index is 10.5. The van der Waals surface area contributed by atoms with Crippen molar-refractivity contribution in [2.24, 2.45) is 0 Å². The Kier molecular flexibility index (Phi) is 1.70. The third kappa shape index (κ3) is 1.67. The van der Waals surface area contributed by atoms with Crippen LogP contribution in [0.5, 0.6) is 5.88 Å². The molecule has 0 fully saturated rings. The van der Waals surface area contributed by atoms with Gasteiger partial charge in [-0.25, -0.2) is 0 Å². The Balaban J connectivity index is 3.33. The van der Waals surface area contributed by atoms with Crippen molar-refractivity contribution < 1.29 is 5.11 Å². The molecule has 0 bridgehead atoms. The third-order valence-electron chi connectivity index (χ3n) is 0.699. The molecule has 1 aromatic rings. The fourth-order valence-corrected chi connectivity index (χ4v) is 0.929. The maximum absolute atomic E-state index is 10.5. The van der Waals surface area contributed by atoms with Crippen LogP contribution in [0.2, 0.25) is 0 Å². The van der Waals surface area contributed by atoms with Crippen LogP contribution in [0.15, 0.2) is 10.9 Å². The molecule has 0 radical (unpaired) electrons. The van der Waals surface area contributed by atoms with Crippen LogP contribution in [0.25, 0.3) is 0 Å². The standard InChI is InChI=1S/C4H3IN2O2/c5-4-6-2(8)1-3(9)7-4/h1H,(H2,6,7,8,9). The van der Waals surface area contributed by atoms with Gasteiger partial charge in [0.05, 0.1) is 6.07 Å². The summed E-state index contributed by atoms with van der Waals surface area (Å²) in [6.45, 7) is 0. The number of aromatic amines is 1. The van der Waals surface area contributed by atoms with Gasteiger partial charge in [-0.2, -0.15) is 4.98 Å². The molecule has 0 aliphatic carbocycles. The van der Waals surface area contributed by atoms with E-state index in [2.05, 4.69) is 9.97 Å². The fourth-order valence-electron chi connectivity index (χ4n) is 0.416. The van der Waals surface area contributed by atoms with E-state index < -0.39 is 0 Å². The van der Waals surface area contributed by atoms with E-state index in [9.17, 15) is 4.79 Å². The van der Waals surface area contributed by atoms with Crippen molar-refractivity contribution in [3.05, 3.63) is 20.3 Å². The normalized spacial score (nSPS) is 9.44. The topological polar surface area (TPSA) is 66.0 Å². The molecule has 1 heterocycles. The minimum Gasteiger partial charge on any atom is -0.493 e. The molecule has 0 spiro atoms. The van der Waals surface area contributed by atoms with Gasteiger partial charge in [0.25, 0.3) is 5.56 Å². The third-order valence-corrected chi connectivity index (χ3v) is 1.21. The van der Waals surface area contributed by atoms with E-state index in [4.69, 9.17) is 5.11 Å². The Labute approximate surface area is 64.1 Å². The van der Waals surface area contributed by atoms with Gasteiger partial charge in [0, 0.05) is 0 Å². The summed E-state index contributed by atoms with van der Waals surface area (Å²) in [5.41, 5.74) is -0.341. The van der Waals surface area contributed by atoms with Gasteiger partial charge in [-0.3, -0.25) is 4.79 Å². The van der Waals surface area contributed by atoms with Crippen molar-refractivity contribution in [2.45, 2.75) is 0 Å². The van der Waals surface area contributed by atoms with Gasteiger partial charge in [-0.1, -0.05) is 0 Å². The van der Waals surface area contributed by atoms with Crippen LogP contribution < -0.4 is 5.56 Å². The fraction of sp³-hybridized carbons (Fsp3) is 0. The minimum absolute atomic E-state index is 0.247. The SMILES string of the molecule is O=c1cc(O)nc(I)[nH]1. The van der Waals surface area contributed by atoms with Gasteiger partial charge in [0.1, 0.15) is 0 Å². The Morgan fingerprint density at radius 1 is 1.78 bits per heavy atom. The number of aromatic hydroxyl groups is 1. The molecule has 2 N–H and O–H groups in total. The van der Waals surface area contributed by atoms with Crippen LogP contribution in [0, 0.1) is 3.83 Å². The second-order valence-corrected chi connectivity index (χ2v) is 2.42. The zero-order chi connectivity index (χ0) is 6.85. The molecule has 0 aromatic carbocycles. The van der Waals surface area contributed by atoms with Crippen LogP contribution in [0.1, 0.15) is 0 Å². The summed E-state index contributed by atoms with van der Waals surface area (Å²) in [4.78, 5) is 16.3. The molecule has 9 heavy (non-hydrogen) atoms. The largest absolute Gasteiger partial charge is 0.493 e. The van der Waals surface area contributed by atoms with E-state index >= 15 is 0 Å². The molecular weight excluding hydrogens is 235 g/mol. The lowest BCUT2D eigenvalue weighted by Crippen LogP contribution is -2.06. The van der Waals surface area contributed by atoms with Crippen molar-refractivity contribution in [1.29, 1.82) is 0 Å². The quantitative estimate of drug-likeness (QED) is 0.496. The molecule has 0 saturated carbocycles. The average Bonchev–Trinajstić information content (AvgIpc) is 1.59. The zero-order valence-electron chi connectivity index (χ0n) is 4.26. The molecule has 0 saturated heterocycles. The predicted octanol–water partition coefficient (Wildman–Crippen LogP) is 0.0801. The van der Waals surface area contributed by atoms with Crippen molar-refractivity contribution in [1.82, 2.24) is 9.97 Å². The van der Waals surface area contributed by atoms with E-state index in [-0.39, 0.29) is 11.4 Å².